The zero-order chi connectivity index (χ0) is 14.7. The maximum Gasteiger partial charge on any atom is 0.335 e. The van der Waals surface area contributed by atoms with E-state index in [0.717, 1.165) is 11.1 Å². The number of carboxylic acids is 1. The van der Waals surface area contributed by atoms with E-state index in [1.165, 1.54) is 0 Å². The highest BCUT2D eigenvalue weighted by molar-refractivity contribution is 6.42. The first-order valence-corrected chi connectivity index (χ1v) is 6.64. The van der Waals surface area contributed by atoms with Crippen molar-refractivity contribution in [1.82, 2.24) is 0 Å². The third-order valence-electron chi connectivity index (χ3n) is 2.89. The summed E-state index contributed by atoms with van der Waals surface area (Å²) in [6, 6.07) is 10.1. The molecule has 0 aliphatic heterocycles. The van der Waals surface area contributed by atoms with Gasteiger partial charge in [-0.1, -0.05) is 35.3 Å². The third kappa shape index (κ3) is 3.24. The summed E-state index contributed by atoms with van der Waals surface area (Å²) >= 11 is 11.9. The number of benzene rings is 2. The zero-order valence-corrected chi connectivity index (χ0v) is 12.2. The van der Waals surface area contributed by atoms with Gasteiger partial charge in [-0.3, -0.25) is 0 Å². The Hall–Kier alpha value is -1.71. The quantitative estimate of drug-likeness (QED) is 0.899. The Morgan fingerprint density at radius 1 is 1.25 bits per heavy atom. The van der Waals surface area contributed by atoms with E-state index in [1.807, 2.05) is 6.92 Å². The van der Waals surface area contributed by atoms with Crippen molar-refractivity contribution in [3.05, 3.63) is 63.1 Å². The molecule has 2 aromatic carbocycles. The van der Waals surface area contributed by atoms with Crippen molar-refractivity contribution in [3.8, 4) is 5.75 Å². The van der Waals surface area contributed by atoms with Crippen LogP contribution in [0.1, 0.15) is 21.5 Å². The number of ether oxygens (including phenoxy) is 1. The van der Waals surface area contributed by atoms with Crippen LogP contribution in [0.25, 0.3) is 0 Å². The lowest BCUT2D eigenvalue weighted by atomic mass is 10.1. The first-order valence-electron chi connectivity index (χ1n) is 5.88. The Balaban J connectivity index is 2.15. The number of carboxylic acid groups (broad SMARTS) is 1. The summed E-state index contributed by atoms with van der Waals surface area (Å²) in [5.41, 5.74) is 2.00. The molecule has 0 atom stereocenters. The fraction of sp³-hybridized carbons (Fsp3) is 0.133. The average Bonchev–Trinajstić information content (AvgIpc) is 2.41. The Bertz CT molecular complexity index is 654. The van der Waals surface area contributed by atoms with Gasteiger partial charge in [0, 0.05) is 0 Å². The largest absolute Gasteiger partial charge is 0.487 e. The van der Waals surface area contributed by atoms with Crippen LogP contribution < -0.4 is 4.74 Å². The summed E-state index contributed by atoms with van der Waals surface area (Å²) in [6.45, 7) is 2.14. The number of carbonyl (C=O) groups is 1. The predicted molar refractivity (Wildman–Crippen MR) is 78.9 cm³/mol. The number of rotatable bonds is 4. The molecule has 0 bridgehead atoms. The van der Waals surface area contributed by atoms with E-state index in [1.54, 1.807) is 36.4 Å². The molecule has 0 saturated carbocycles. The van der Waals surface area contributed by atoms with E-state index in [4.69, 9.17) is 33.0 Å². The van der Waals surface area contributed by atoms with Crippen LogP contribution in [-0.4, -0.2) is 11.1 Å². The fourth-order valence-electron chi connectivity index (χ4n) is 1.74. The molecule has 0 aliphatic carbocycles. The number of hydrogen-bond acceptors (Lipinski definition) is 2. The highest BCUT2D eigenvalue weighted by Crippen LogP contribution is 2.32. The molecule has 2 rings (SSSR count). The van der Waals surface area contributed by atoms with Crippen LogP contribution in [0.2, 0.25) is 10.0 Å². The molecule has 0 radical (unpaired) electrons. The van der Waals surface area contributed by atoms with E-state index in [9.17, 15) is 4.79 Å². The van der Waals surface area contributed by atoms with Crippen LogP contribution in [0.15, 0.2) is 36.4 Å². The minimum atomic E-state index is -0.946. The fourth-order valence-corrected chi connectivity index (χ4v) is 2.09. The van der Waals surface area contributed by atoms with Crippen molar-refractivity contribution in [2.24, 2.45) is 0 Å². The van der Waals surface area contributed by atoms with Gasteiger partial charge in [0.1, 0.15) is 17.4 Å². The number of aryl methyl sites for hydroxylation is 1. The van der Waals surface area contributed by atoms with Crippen LogP contribution in [0.3, 0.4) is 0 Å². The molecule has 0 fully saturated rings. The summed E-state index contributed by atoms with van der Waals surface area (Å²) in [7, 11) is 0. The topological polar surface area (TPSA) is 46.5 Å². The smallest absolute Gasteiger partial charge is 0.335 e. The summed E-state index contributed by atoms with van der Waals surface area (Å²) < 4.78 is 5.62. The molecule has 2 aromatic rings. The zero-order valence-electron chi connectivity index (χ0n) is 10.7. The van der Waals surface area contributed by atoms with Gasteiger partial charge in [-0.25, -0.2) is 4.79 Å². The molecular weight excluding hydrogens is 299 g/mol. The molecule has 0 aliphatic rings. The first-order chi connectivity index (χ1) is 9.49. The van der Waals surface area contributed by atoms with Gasteiger partial charge in [-0.15, -0.1) is 0 Å². The van der Waals surface area contributed by atoms with Crippen LogP contribution in [-0.2, 0) is 6.61 Å². The van der Waals surface area contributed by atoms with Gasteiger partial charge >= 0.3 is 5.97 Å². The SMILES string of the molecule is Cc1cc(C(=O)O)ccc1COc1cccc(Cl)c1Cl. The average molecular weight is 311 g/mol. The van der Waals surface area contributed by atoms with Crippen LogP contribution >= 0.6 is 23.2 Å². The second kappa shape index (κ2) is 6.16. The Morgan fingerprint density at radius 2 is 2.00 bits per heavy atom. The molecule has 3 nitrogen and oxygen atoms in total. The van der Waals surface area contributed by atoms with E-state index in [-0.39, 0.29) is 5.56 Å². The first kappa shape index (κ1) is 14.7. The Morgan fingerprint density at radius 3 is 2.65 bits per heavy atom. The van der Waals surface area contributed by atoms with Gasteiger partial charge in [0.2, 0.25) is 0 Å². The van der Waals surface area contributed by atoms with Crippen molar-refractivity contribution in [1.29, 1.82) is 0 Å². The monoisotopic (exact) mass is 310 g/mol. The molecule has 5 heteroatoms. The normalized spacial score (nSPS) is 10.3. The van der Waals surface area contributed by atoms with E-state index >= 15 is 0 Å². The van der Waals surface area contributed by atoms with Gasteiger partial charge in [0.25, 0.3) is 0 Å². The van der Waals surface area contributed by atoms with Crippen LogP contribution in [0.4, 0.5) is 0 Å². The minimum Gasteiger partial charge on any atom is -0.487 e. The van der Waals surface area contributed by atoms with Crippen molar-refractivity contribution >= 4 is 29.2 Å². The molecule has 0 saturated heterocycles. The van der Waals surface area contributed by atoms with Crippen LogP contribution in [0, 0.1) is 6.92 Å². The molecule has 0 heterocycles. The molecule has 0 unspecified atom stereocenters. The van der Waals surface area contributed by atoms with Gasteiger partial charge in [0.05, 0.1) is 10.6 Å². The molecule has 0 aromatic heterocycles. The van der Waals surface area contributed by atoms with Gasteiger partial charge in [0.15, 0.2) is 0 Å². The van der Waals surface area contributed by atoms with Gasteiger partial charge in [-0.2, -0.15) is 0 Å². The summed E-state index contributed by atoms with van der Waals surface area (Å²) in [6.07, 6.45) is 0. The van der Waals surface area contributed by atoms with E-state index in [2.05, 4.69) is 0 Å². The van der Waals surface area contributed by atoms with Gasteiger partial charge in [-0.05, 0) is 42.3 Å². The molecule has 0 amide bonds. The highest BCUT2D eigenvalue weighted by Gasteiger charge is 2.08. The van der Waals surface area contributed by atoms with E-state index in [0.29, 0.717) is 22.4 Å². The minimum absolute atomic E-state index is 0.257. The lowest BCUT2D eigenvalue weighted by Crippen LogP contribution is -2.02. The maximum atomic E-state index is 10.9. The summed E-state index contributed by atoms with van der Waals surface area (Å²) in [4.78, 5) is 10.9. The predicted octanol–water partition coefficient (Wildman–Crippen LogP) is 4.58. The van der Waals surface area contributed by atoms with Crippen molar-refractivity contribution in [3.63, 3.8) is 0 Å². The summed E-state index contributed by atoms with van der Waals surface area (Å²) in [5.74, 6) is -0.445. The second-order valence-electron chi connectivity index (χ2n) is 4.29. The summed E-state index contributed by atoms with van der Waals surface area (Å²) in [5, 5.41) is 9.71. The molecule has 104 valence electrons. The second-order valence-corrected chi connectivity index (χ2v) is 5.07. The number of aromatic carboxylic acids is 1. The van der Waals surface area contributed by atoms with Crippen LogP contribution in [0.5, 0.6) is 5.75 Å². The lowest BCUT2D eigenvalue weighted by Gasteiger charge is -2.11. The molecular formula is C15H12Cl2O3. The molecule has 1 N–H and O–H groups in total. The molecule has 20 heavy (non-hydrogen) atoms. The van der Waals surface area contributed by atoms with Crippen molar-refractivity contribution in [2.45, 2.75) is 13.5 Å². The molecule has 0 spiro atoms. The van der Waals surface area contributed by atoms with Crippen molar-refractivity contribution < 1.29 is 14.6 Å². The Labute approximate surface area is 126 Å². The number of hydrogen-bond donors (Lipinski definition) is 1. The number of halogens is 2. The van der Waals surface area contributed by atoms with Crippen molar-refractivity contribution in [2.75, 3.05) is 0 Å². The third-order valence-corrected chi connectivity index (χ3v) is 3.69. The Kier molecular flexibility index (Phi) is 4.53. The standard InChI is InChI=1S/C15H12Cl2O3/c1-9-7-10(15(18)19)5-6-11(9)8-20-13-4-2-3-12(16)14(13)17/h2-7H,8H2,1H3,(H,18,19). The van der Waals surface area contributed by atoms with Gasteiger partial charge < -0.3 is 9.84 Å². The maximum absolute atomic E-state index is 10.9. The lowest BCUT2D eigenvalue weighted by molar-refractivity contribution is 0.0696. The van der Waals surface area contributed by atoms with E-state index < -0.39 is 5.97 Å². The highest BCUT2D eigenvalue weighted by atomic mass is 35.5.